The van der Waals surface area contributed by atoms with E-state index in [1.54, 1.807) is 7.11 Å². The molecule has 0 fully saturated rings. The Morgan fingerprint density at radius 2 is 1.16 bits per heavy atom. The smallest absolute Gasteiger partial charge is 0.129 e. The number of methoxy groups -OCH3 is 1. The molecule has 3 heteroatoms. The second kappa shape index (κ2) is 9.13. The van der Waals surface area contributed by atoms with Gasteiger partial charge in [0.25, 0.3) is 0 Å². The maximum atomic E-state index is 14.8. The Kier molecular flexibility index (Phi) is 6.13. The summed E-state index contributed by atoms with van der Waals surface area (Å²) in [6, 6.07) is 28.1. The summed E-state index contributed by atoms with van der Waals surface area (Å²) in [6.07, 6.45) is 0.318. The number of hydrogen-bond donors (Lipinski definition) is 0. The van der Waals surface area contributed by atoms with E-state index in [1.165, 1.54) is 12.1 Å². The van der Waals surface area contributed by atoms with E-state index < -0.39 is 11.6 Å². The molecule has 4 aromatic carbocycles. The number of hydrogen-bond acceptors (Lipinski definition) is 1. The van der Waals surface area contributed by atoms with Crippen molar-refractivity contribution in [3.8, 4) is 28.0 Å². The molecule has 0 aliphatic carbocycles. The van der Waals surface area contributed by atoms with Gasteiger partial charge in [0.1, 0.15) is 17.4 Å². The van der Waals surface area contributed by atoms with Crippen molar-refractivity contribution in [3.05, 3.63) is 114 Å². The van der Waals surface area contributed by atoms with E-state index in [1.807, 2.05) is 85.8 Å². The average molecular weight is 414 g/mol. The third kappa shape index (κ3) is 4.66. The van der Waals surface area contributed by atoms with Gasteiger partial charge in [-0.05, 0) is 64.4 Å². The van der Waals surface area contributed by atoms with Crippen LogP contribution in [0.15, 0.2) is 91.0 Å². The van der Waals surface area contributed by atoms with Gasteiger partial charge in [-0.3, -0.25) is 0 Å². The molecule has 4 aromatic rings. The van der Waals surface area contributed by atoms with Gasteiger partial charge in [0.2, 0.25) is 0 Å². The third-order valence-corrected chi connectivity index (χ3v) is 5.66. The highest BCUT2D eigenvalue weighted by Crippen LogP contribution is 2.30. The molecule has 0 saturated heterocycles. The molecule has 0 aliphatic rings. The van der Waals surface area contributed by atoms with Gasteiger partial charge >= 0.3 is 0 Å². The molecule has 4 rings (SSSR count). The predicted octanol–water partition coefficient (Wildman–Crippen LogP) is 7.65. The second-order valence-corrected chi connectivity index (χ2v) is 7.74. The number of halogens is 2. The first-order chi connectivity index (χ1) is 15.0. The number of ether oxygens (including phenoxy) is 1. The van der Waals surface area contributed by atoms with Crippen LogP contribution in [0.25, 0.3) is 22.3 Å². The summed E-state index contributed by atoms with van der Waals surface area (Å²) in [5.74, 6) is -0.179. The average Bonchev–Trinajstić information content (AvgIpc) is 2.82. The highest BCUT2D eigenvalue weighted by Gasteiger charge is 2.16. The van der Waals surface area contributed by atoms with Crippen molar-refractivity contribution in [3.63, 3.8) is 0 Å². The van der Waals surface area contributed by atoms with Crippen LogP contribution in [0.4, 0.5) is 8.78 Å². The largest absolute Gasteiger partial charge is 0.497 e. The first-order valence-electron chi connectivity index (χ1n) is 10.3. The normalized spacial score (nSPS) is 11.9. The minimum Gasteiger partial charge on any atom is -0.497 e. The molecule has 156 valence electrons. The first-order valence-corrected chi connectivity index (χ1v) is 10.3. The Balaban J connectivity index is 1.56. The molecule has 31 heavy (non-hydrogen) atoms. The van der Waals surface area contributed by atoms with Gasteiger partial charge in [-0.1, -0.05) is 73.7 Å². The van der Waals surface area contributed by atoms with Gasteiger partial charge in [0, 0.05) is 5.56 Å². The molecule has 0 aromatic heterocycles. The summed E-state index contributed by atoms with van der Waals surface area (Å²) in [5.41, 5.74) is 4.59. The fourth-order valence-corrected chi connectivity index (χ4v) is 3.81. The van der Waals surface area contributed by atoms with Crippen molar-refractivity contribution < 1.29 is 13.5 Å². The fraction of sp³-hybridized carbons (Fsp3) is 0.143. The Morgan fingerprint density at radius 3 is 1.68 bits per heavy atom. The maximum absolute atomic E-state index is 14.8. The Hall–Kier alpha value is -3.46. The fourth-order valence-electron chi connectivity index (χ4n) is 3.81. The van der Waals surface area contributed by atoms with Crippen molar-refractivity contribution in [2.45, 2.75) is 19.3 Å². The van der Waals surface area contributed by atoms with Crippen LogP contribution in [0.2, 0.25) is 0 Å². The molecule has 0 heterocycles. The number of rotatable bonds is 6. The summed E-state index contributed by atoms with van der Waals surface area (Å²) in [6.45, 7) is 1.99. The maximum Gasteiger partial charge on any atom is 0.129 e. The Morgan fingerprint density at radius 1 is 0.677 bits per heavy atom. The lowest BCUT2D eigenvalue weighted by atomic mass is 9.92. The quantitative estimate of drug-likeness (QED) is 0.315. The molecule has 0 spiro atoms. The summed E-state index contributed by atoms with van der Waals surface area (Å²) >= 11 is 0. The zero-order valence-electron chi connectivity index (χ0n) is 17.6. The van der Waals surface area contributed by atoms with Gasteiger partial charge < -0.3 is 4.74 Å². The zero-order valence-corrected chi connectivity index (χ0v) is 17.6. The van der Waals surface area contributed by atoms with Crippen molar-refractivity contribution in [1.29, 1.82) is 0 Å². The van der Waals surface area contributed by atoms with Crippen molar-refractivity contribution >= 4 is 0 Å². The molecular weight excluding hydrogens is 390 g/mol. The summed E-state index contributed by atoms with van der Waals surface area (Å²) in [5, 5.41) is 0. The van der Waals surface area contributed by atoms with Crippen LogP contribution in [0.5, 0.6) is 5.75 Å². The van der Waals surface area contributed by atoms with Gasteiger partial charge in [-0.15, -0.1) is 0 Å². The van der Waals surface area contributed by atoms with Gasteiger partial charge in [0.15, 0.2) is 0 Å². The summed E-state index contributed by atoms with van der Waals surface area (Å²) in [4.78, 5) is 0. The van der Waals surface area contributed by atoms with Crippen molar-refractivity contribution in [2.24, 2.45) is 0 Å². The van der Waals surface area contributed by atoms with Crippen LogP contribution in [0.3, 0.4) is 0 Å². The van der Waals surface area contributed by atoms with Crippen LogP contribution < -0.4 is 4.74 Å². The summed E-state index contributed by atoms with van der Waals surface area (Å²) in [7, 11) is 1.63. The topological polar surface area (TPSA) is 9.23 Å². The first kappa shape index (κ1) is 20.8. The van der Waals surface area contributed by atoms with Gasteiger partial charge in [-0.25, -0.2) is 8.78 Å². The van der Waals surface area contributed by atoms with E-state index >= 15 is 0 Å². The molecule has 0 radical (unpaired) electrons. The van der Waals surface area contributed by atoms with Crippen LogP contribution in [-0.4, -0.2) is 7.11 Å². The molecule has 0 saturated carbocycles. The lowest BCUT2D eigenvalue weighted by Crippen LogP contribution is -2.04. The molecule has 1 nitrogen and oxygen atoms in total. The van der Waals surface area contributed by atoms with E-state index in [2.05, 4.69) is 0 Å². The molecule has 0 unspecified atom stereocenters. The molecule has 1 atom stereocenters. The van der Waals surface area contributed by atoms with E-state index in [4.69, 9.17) is 4.74 Å². The second-order valence-electron chi connectivity index (χ2n) is 7.74. The van der Waals surface area contributed by atoms with Crippen LogP contribution >= 0.6 is 0 Å². The van der Waals surface area contributed by atoms with Crippen molar-refractivity contribution in [1.82, 2.24) is 0 Å². The molecule has 0 aliphatic heterocycles. The minimum absolute atomic E-state index is 0.0276. The van der Waals surface area contributed by atoms with Gasteiger partial charge in [0.05, 0.1) is 7.11 Å². The SMILES string of the molecule is COc1ccc(-c2ccc(-c3cc(F)c(C[C@H](C)c4ccccc4)c(F)c3)cc2)cc1. The van der Waals surface area contributed by atoms with Crippen LogP contribution in [0, 0.1) is 11.6 Å². The van der Waals surface area contributed by atoms with E-state index in [9.17, 15) is 8.78 Å². The van der Waals surface area contributed by atoms with Gasteiger partial charge in [-0.2, -0.15) is 0 Å². The molecule has 0 bridgehead atoms. The van der Waals surface area contributed by atoms with E-state index in [0.29, 0.717) is 12.0 Å². The molecule has 0 amide bonds. The highest BCUT2D eigenvalue weighted by atomic mass is 19.1. The number of benzene rings is 4. The van der Waals surface area contributed by atoms with E-state index in [0.717, 1.165) is 28.0 Å². The third-order valence-electron chi connectivity index (χ3n) is 5.66. The Bertz CT molecular complexity index is 1130. The minimum atomic E-state index is -0.503. The lowest BCUT2D eigenvalue weighted by molar-refractivity contribution is 0.415. The lowest BCUT2D eigenvalue weighted by Gasteiger charge is -2.14. The predicted molar refractivity (Wildman–Crippen MR) is 122 cm³/mol. The highest BCUT2D eigenvalue weighted by molar-refractivity contribution is 5.71. The zero-order chi connectivity index (χ0) is 21.8. The molecular formula is C28H24F2O. The van der Waals surface area contributed by atoms with Crippen molar-refractivity contribution in [2.75, 3.05) is 7.11 Å². The molecule has 0 N–H and O–H groups in total. The van der Waals surface area contributed by atoms with Crippen LogP contribution in [0.1, 0.15) is 24.0 Å². The summed E-state index contributed by atoms with van der Waals surface area (Å²) < 4.78 is 34.9. The standard InChI is InChI=1S/C28H24F2O/c1-19(20-6-4-3-5-7-20)16-26-27(29)17-24(18-28(26)30)23-10-8-21(9-11-23)22-12-14-25(31-2)15-13-22/h3-15,17-19H,16H2,1-2H3/t19-/m0/s1. The monoisotopic (exact) mass is 414 g/mol. The Labute approximate surface area is 182 Å². The van der Waals surface area contributed by atoms with Crippen LogP contribution in [-0.2, 0) is 6.42 Å². The van der Waals surface area contributed by atoms with E-state index in [-0.39, 0.29) is 11.5 Å².